The summed E-state index contributed by atoms with van der Waals surface area (Å²) < 4.78 is 0. The van der Waals surface area contributed by atoms with Gasteiger partial charge in [0, 0.05) is 13.1 Å². The van der Waals surface area contributed by atoms with Crippen LogP contribution in [0.15, 0.2) is 24.3 Å². The number of halogens is 1. The number of amides is 1. The van der Waals surface area contributed by atoms with Crippen molar-refractivity contribution in [1.82, 2.24) is 4.90 Å². The maximum atomic E-state index is 12.1. The maximum Gasteiger partial charge on any atom is 0.305 e. The van der Waals surface area contributed by atoms with E-state index in [1.165, 1.54) is 4.90 Å². The van der Waals surface area contributed by atoms with E-state index >= 15 is 0 Å². The lowest BCUT2D eigenvalue weighted by Crippen LogP contribution is -2.35. The molecule has 0 aliphatic carbocycles. The number of aliphatic carboxylic acids is 1. The van der Waals surface area contributed by atoms with Crippen molar-refractivity contribution in [3.8, 4) is 0 Å². The zero-order chi connectivity index (χ0) is 13.5. The number of carboxylic acids is 1. The fraction of sp³-hybridized carbons (Fsp3) is 0.333. The Hall–Kier alpha value is -1.59. The van der Waals surface area contributed by atoms with Crippen LogP contribution in [0.3, 0.4) is 0 Å². The first kappa shape index (κ1) is 14.5. The zero-order valence-corrected chi connectivity index (χ0v) is 10.4. The number of nitrogens with zero attached hydrogens (tertiary/aromatic N) is 1. The minimum atomic E-state index is -0.995. The first-order valence-electron chi connectivity index (χ1n) is 5.42. The highest BCUT2D eigenvalue weighted by Gasteiger charge is 2.18. The molecule has 0 spiro atoms. The predicted octanol–water partition coefficient (Wildman–Crippen LogP) is 1.25. The molecule has 0 heterocycles. The molecule has 1 aromatic carbocycles. The van der Waals surface area contributed by atoms with Gasteiger partial charge in [-0.15, -0.1) is 0 Å². The fourth-order valence-corrected chi connectivity index (χ4v) is 1.69. The molecule has 1 amide bonds. The molecule has 0 bridgehead atoms. The van der Waals surface area contributed by atoms with Crippen LogP contribution in [0, 0.1) is 0 Å². The normalized spacial score (nSPS) is 10.1. The van der Waals surface area contributed by atoms with Crippen molar-refractivity contribution in [3.63, 3.8) is 0 Å². The zero-order valence-electron chi connectivity index (χ0n) is 9.67. The molecule has 0 saturated heterocycles. The van der Waals surface area contributed by atoms with Crippen molar-refractivity contribution in [1.29, 1.82) is 0 Å². The van der Waals surface area contributed by atoms with Crippen molar-refractivity contribution >= 4 is 23.5 Å². The van der Waals surface area contributed by atoms with Gasteiger partial charge in [0.05, 0.1) is 23.6 Å². The topological polar surface area (TPSA) is 77.8 Å². The molecular weight excluding hydrogens is 258 g/mol. The van der Waals surface area contributed by atoms with Crippen LogP contribution >= 0.6 is 11.6 Å². The van der Waals surface area contributed by atoms with E-state index in [2.05, 4.69) is 0 Å². The summed E-state index contributed by atoms with van der Waals surface area (Å²) in [6.45, 7) is -0.104. The summed E-state index contributed by atoms with van der Waals surface area (Å²) in [7, 11) is 0. The van der Waals surface area contributed by atoms with Gasteiger partial charge in [-0.3, -0.25) is 9.59 Å². The molecule has 0 saturated carbocycles. The second-order valence-electron chi connectivity index (χ2n) is 3.64. The summed E-state index contributed by atoms with van der Waals surface area (Å²) >= 11 is 5.90. The Labute approximate surface area is 110 Å². The van der Waals surface area contributed by atoms with Crippen LogP contribution in [0.2, 0.25) is 5.02 Å². The number of aliphatic hydroxyl groups excluding tert-OH is 1. The van der Waals surface area contributed by atoms with Crippen molar-refractivity contribution in [3.05, 3.63) is 34.9 Å². The maximum absolute atomic E-state index is 12.1. The second-order valence-corrected chi connectivity index (χ2v) is 4.05. The predicted molar refractivity (Wildman–Crippen MR) is 66.7 cm³/mol. The molecule has 0 aliphatic heterocycles. The van der Waals surface area contributed by atoms with Gasteiger partial charge in [0.25, 0.3) is 5.91 Å². The molecule has 1 rings (SSSR count). The minimum Gasteiger partial charge on any atom is -0.481 e. The van der Waals surface area contributed by atoms with Crippen LogP contribution in [-0.2, 0) is 4.79 Å². The smallest absolute Gasteiger partial charge is 0.305 e. The number of carboxylic acid groups (broad SMARTS) is 1. The average Bonchev–Trinajstić information content (AvgIpc) is 2.34. The second kappa shape index (κ2) is 6.98. The van der Waals surface area contributed by atoms with Crippen molar-refractivity contribution in [2.75, 3.05) is 19.7 Å². The summed E-state index contributed by atoms with van der Waals surface area (Å²) in [6, 6.07) is 6.53. The third-order valence-corrected chi connectivity index (χ3v) is 2.69. The molecule has 1 aromatic rings. The third-order valence-electron chi connectivity index (χ3n) is 2.36. The van der Waals surface area contributed by atoms with E-state index in [0.717, 1.165) is 0 Å². The van der Waals surface area contributed by atoms with Gasteiger partial charge in [-0.05, 0) is 12.1 Å². The van der Waals surface area contributed by atoms with Crippen LogP contribution < -0.4 is 0 Å². The molecule has 0 aromatic heterocycles. The van der Waals surface area contributed by atoms with Gasteiger partial charge in [-0.25, -0.2) is 0 Å². The highest BCUT2D eigenvalue weighted by molar-refractivity contribution is 6.33. The summed E-state index contributed by atoms with van der Waals surface area (Å²) in [5.74, 6) is -1.37. The van der Waals surface area contributed by atoms with E-state index in [1.54, 1.807) is 24.3 Å². The molecule has 6 heteroatoms. The Morgan fingerprint density at radius 1 is 1.22 bits per heavy atom. The van der Waals surface area contributed by atoms with Crippen molar-refractivity contribution < 1.29 is 19.8 Å². The summed E-state index contributed by atoms with van der Waals surface area (Å²) in [5, 5.41) is 17.8. The molecule has 2 N–H and O–H groups in total. The van der Waals surface area contributed by atoms with Gasteiger partial charge in [0.2, 0.25) is 0 Å². The first-order chi connectivity index (χ1) is 8.56. The van der Waals surface area contributed by atoms with Gasteiger partial charge >= 0.3 is 5.97 Å². The van der Waals surface area contributed by atoms with Crippen molar-refractivity contribution in [2.45, 2.75) is 6.42 Å². The number of aliphatic hydroxyl groups is 1. The molecule has 0 fully saturated rings. The van der Waals surface area contributed by atoms with Crippen LogP contribution in [0.4, 0.5) is 0 Å². The molecule has 18 heavy (non-hydrogen) atoms. The van der Waals surface area contributed by atoms with Gasteiger partial charge in [0.15, 0.2) is 0 Å². The molecule has 0 radical (unpaired) electrons. The number of carbonyl (C=O) groups is 2. The Morgan fingerprint density at radius 2 is 1.89 bits per heavy atom. The van der Waals surface area contributed by atoms with Crippen molar-refractivity contribution in [2.24, 2.45) is 0 Å². The Kier molecular flexibility index (Phi) is 5.61. The minimum absolute atomic E-state index is 0.0416. The number of rotatable bonds is 6. The molecule has 5 nitrogen and oxygen atoms in total. The van der Waals surface area contributed by atoms with Crippen LogP contribution in [-0.4, -0.2) is 46.7 Å². The average molecular weight is 272 g/mol. The summed E-state index contributed by atoms with van der Waals surface area (Å²) in [6.07, 6.45) is -0.170. The summed E-state index contributed by atoms with van der Waals surface area (Å²) in [4.78, 5) is 23.9. The monoisotopic (exact) mass is 271 g/mol. The summed E-state index contributed by atoms with van der Waals surface area (Å²) in [5.41, 5.74) is 0.304. The Bertz CT molecular complexity index is 436. The number of benzene rings is 1. The van der Waals surface area contributed by atoms with Gasteiger partial charge < -0.3 is 15.1 Å². The van der Waals surface area contributed by atoms with E-state index < -0.39 is 5.97 Å². The van der Waals surface area contributed by atoms with E-state index in [9.17, 15) is 9.59 Å². The van der Waals surface area contributed by atoms with Crippen LogP contribution in [0.1, 0.15) is 16.8 Å². The van der Waals surface area contributed by atoms with E-state index in [1.807, 2.05) is 0 Å². The lowest BCUT2D eigenvalue weighted by Gasteiger charge is -2.21. The van der Waals surface area contributed by atoms with E-state index in [0.29, 0.717) is 10.6 Å². The van der Waals surface area contributed by atoms with Gasteiger partial charge in [0.1, 0.15) is 0 Å². The highest BCUT2D eigenvalue weighted by atomic mass is 35.5. The highest BCUT2D eigenvalue weighted by Crippen LogP contribution is 2.17. The Balaban J connectivity index is 2.82. The lowest BCUT2D eigenvalue weighted by atomic mass is 10.2. The molecule has 0 atom stereocenters. The number of carbonyl (C=O) groups excluding carboxylic acids is 1. The standard InChI is InChI=1S/C12H14ClNO4/c13-10-4-2-1-3-9(10)12(18)14(7-8-15)6-5-11(16)17/h1-4,15H,5-8H2,(H,16,17). The van der Waals surface area contributed by atoms with E-state index in [4.69, 9.17) is 21.8 Å². The van der Waals surface area contributed by atoms with Crippen LogP contribution in [0.5, 0.6) is 0 Å². The number of hydrogen-bond acceptors (Lipinski definition) is 3. The van der Waals surface area contributed by atoms with Gasteiger partial charge in [-0.2, -0.15) is 0 Å². The van der Waals surface area contributed by atoms with E-state index in [-0.39, 0.29) is 32.0 Å². The number of hydrogen-bond donors (Lipinski definition) is 2. The fourth-order valence-electron chi connectivity index (χ4n) is 1.47. The van der Waals surface area contributed by atoms with Crippen LogP contribution in [0.25, 0.3) is 0 Å². The molecule has 0 aliphatic rings. The molecular formula is C12H14ClNO4. The third kappa shape index (κ3) is 4.01. The quantitative estimate of drug-likeness (QED) is 0.816. The first-order valence-corrected chi connectivity index (χ1v) is 5.80. The SMILES string of the molecule is O=C(O)CCN(CCO)C(=O)c1ccccc1Cl. The molecule has 98 valence electrons. The molecule has 0 unspecified atom stereocenters. The van der Waals surface area contributed by atoms with Gasteiger partial charge in [-0.1, -0.05) is 23.7 Å². The lowest BCUT2D eigenvalue weighted by molar-refractivity contribution is -0.137. The largest absolute Gasteiger partial charge is 0.481 e. The Morgan fingerprint density at radius 3 is 2.44 bits per heavy atom.